The predicted molar refractivity (Wildman–Crippen MR) is 105 cm³/mol. The summed E-state index contributed by atoms with van der Waals surface area (Å²) in [6.45, 7) is 9.08. The highest BCUT2D eigenvalue weighted by Crippen LogP contribution is 2.32. The second-order valence-corrected chi connectivity index (χ2v) is 7.87. The summed E-state index contributed by atoms with van der Waals surface area (Å²) < 4.78 is 17.0. The number of carbonyl (C=O) groups excluding carboxylic acids is 1. The highest BCUT2D eigenvalue weighted by atomic mass is 16.6. The largest absolute Gasteiger partial charge is 0.490 e. The first-order chi connectivity index (χ1) is 13.2. The topological polar surface area (TPSA) is 91.1 Å². The van der Waals surface area contributed by atoms with E-state index in [2.05, 4.69) is 0 Å². The van der Waals surface area contributed by atoms with E-state index in [4.69, 9.17) is 14.2 Å². The fourth-order valence-corrected chi connectivity index (χ4v) is 2.84. The molecule has 0 N–H and O–H groups in total. The van der Waals surface area contributed by atoms with Gasteiger partial charge in [0.1, 0.15) is 17.5 Å². The minimum atomic E-state index is -0.517. The molecule has 0 bridgehead atoms. The fourth-order valence-electron chi connectivity index (χ4n) is 2.84. The van der Waals surface area contributed by atoms with E-state index in [1.165, 1.54) is 6.07 Å². The van der Waals surface area contributed by atoms with E-state index in [1.54, 1.807) is 17.0 Å². The van der Waals surface area contributed by atoms with Crippen LogP contribution in [0.4, 0.5) is 10.5 Å². The molecule has 1 aromatic carbocycles. The molecule has 0 saturated carbocycles. The van der Waals surface area contributed by atoms with Crippen LogP contribution in [0, 0.1) is 10.1 Å². The Morgan fingerprint density at radius 2 is 1.96 bits per heavy atom. The molecular formula is C20H30N2O6. The molecule has 0 spiro atoms. The molecule has 156 valence electrons. The smallest absolute Gasteiger partial charge is 0.410 e. The van der Waals surface area contributed by atoms with Crippen molar-refractivity contribution < 1.29 is 23.9 Å². The second kappa shape index (κ2) is 9.61. The number of amides is 1. The minimum Gasteiger partial charge on any atom is -0.490 e. The van der Waals surface area contributed by atoms with Gasteiger partial charge in [0.15, 0.2) is 0 Å². The quantitative estimate of drug-likeness (QED) is 0.383. The van der Waals surface area contributed by atoms with Gasteiger partial charge in [-0.1, -0.05) is 13.3 Å². The van der Waals surface area contributed by atoms with Crippen molar-refractivity contribution in [1.82, 2.24) is 4.90 Å². The van der Waals surface area contributed by atoms with Crippen LogP contribution >= 0.6 is 0 Å². The lowest BCUT2D eigenvalue weighted by Gasteiger charge is -2.33. The third kappa shape index (κ3) is 6.58. The Morgan fingerprint density at radius 1 is 1.29 bits per heavy atom. The summed E-state index contributed by atoms with van der Waals surface area (Å²) in [6.07, 6.45) is 2.73. The highest BCUT2D eigenvalue weighted by molar-refractivity contribution is 5.68. The highest BCUT2D eigenvalue weighted by Gasteiger charge is 2.28. The summed E-state index contributed by atoms with van der Waals surface area (Å²) in [6, 6.07) is 4.57. The van der Waals surface area contributed by atoms with Crippen molar-refractivity contribution in [3.63, 3.8) is 0 Å². The van der Waals surface area contributed by atoms with Crippen LogP contribution in [0.1, 0.15) is 53.4 Å². The number of benzene rings is 1. The van der Waals surface area contributed by atoms with Crippen molar-refractivity contribution in [3.05, 3.63) is 28.3 Å². The molecule has 0 radical (unpaired) electrons. The second-order valence-electron chi connectivity index (χ2n) is 7.87. The minimum absolute atomic E-state index is 0.0661. The first-order valence-electron chi connectivity index (χ1n) is 9.75. The summed E-state index contributed by atoms with van der Waals surface area (Å²) in [7, 11) is 0. The molecular weight excluding hydrogens is 364 g/mol. The fraction of sp³-hybridized carbons (Fsp3) is 0.650. The molecule has 1 aliphatic rings. The van der Waals surface area contributed by atoms with Crippen LogP contribution in [0.25, 0.3) is 0 Å². The molecule has 1 amide bonds. The van der Waals surface area contributed by atoms with Crippen molar-refractivity contribution >= 4 is 11.8 Å². The van der Waals surface area contributed by atoms with Gasteiger partial charge in [-0.05, 0) is 33.3 Å². The van der Waals surface area contributed by atoms with E-state index >= 15 is 0 Å². The molecule has 0 aliphatic carbocycles. The van der Waals surface area contributed by atoms with Crippen molar-refractivity contribution in [3.8, 4) is 11.5 Å². The number of hydrogen-bond acceptors (Lipinski definition) is 6. The molecule has 1 fully saturated rings. The van der Waals surface area contributed by atoms with Crippen LogP contribution in [-0.2, 0) is 4.74 Å². The van der Waals surface area contributed by atoms with Gasteiger partial charge < -0.3 is 19.1 Å². The Labute approximate surface area is 165 Å². The van der Waals surface area contributed by atoms with E-state index in [-0.39, 0.29) is 23.6 Å². The molecule has 1 heterocycles. The monoisotopic (exact) mass is 394 g/mol. The lowest BCUT2D eigenvalue weighted by molar-refractivity contribution is -0.385. The normalized spacial score (nSPS) is 15.2. The van der Waals surface area contributed by atoms with Crippen LogP contribution in [0.2, 0.25) is 0 Å². The number of piperidine rings is 1. The van der Waals surface area contributed by atoms with Crippen LogP contribution in [0.5, 0.6) is 11.5 Å². The third-order valence-electron chi connectivity index (χ3n) is 4.28. The van der Waals surface area contributed by atoms with E-state index in [0.717, 1.165) is 12.8 Å². The van der Waals surface area contributed by atoms with E-state index < -0.39 is 10.5 Å². The molecule has 8 heteroatoms. The lowest BCUT2D eigenvalue weighted by Crippen LogP contribution is -2.44. The van der Waals surface area contributed by atoms with E-state index in [1.807, 2.05) is 27.7 Å². The average molecular weight is 394 g/mol. The van der Waals surface area contributed by atoms with Gasteiger partial charge in [-0.25, -0.2) is 4.79 Å². The summed E-state index contributed by atoms with van der Waals surface area (Å²) in [4.78, 5) is 24.5. The zero-order valence-electron chi connectivity index (χ0n) is 17.1. The summed E-state index contributed by atoms with van der Waals surface area (Å²) in [5.41, 5.74) is -0.583. The van der Waals surface area contributed by atoms with E-state index in [9.17, 15) is 14.9 Å². The third-order valence-corrected chi connectivity index (χ3v) is 4.28. The van der Waals surface area contributed by atoms with Gasteiger partial charge in [0, 0.05) is 38.1 Å². The Morgan fingerprint density at radius 3 is 2.54 bits per heavy atom. The first kappa shape index (κ1) is 21.8. The van der Waals surface area contributed by atoms with Gasteiger partial charge in [0.25, 0.3) is 0 Å². The number of carbonyl (C=O) groups is 1. The van der Waals surface area contributed by atoms with Crippen molar-refractivity contribution in [2.75, 3.05) is 19.7 Å². The summed E-state index contributed by atoms with van der Waals surface area (Å²) >= 11 is 0. The van der Waals surface area contributed by atoms with Crippen LogP contribution in [0.15, 0.2) is 18.2 Å². The SMILES string of the molecule is CCCCOc1cc(OC2CCN(C(=O)OC(C)(C)C)CC2)ccc1[N+](=O)[O-]. The molecule has 2 rings (SSSR count). The molecule has 0 aromatic heterocycles. The van der Waals surface area contributed by atoms with Crippen molar-refractivity contribution in [2.45, 2.75) is 65.1 Å². The van der Waals surface area contributed by atoms with Crippen LogP contribution in [-0.4, -0.2) is 47.3 Å². The number of nitro benzene ring substituents is 1. The van der Waals surface area contributed by atoms with Gasteiger partial charge in [0.05, 0.1) is 11.5 Å². The number of nitrogens with zero attached hydrogens (tertiary/aromatic N) is 2. The van der Waals surface area contributed by atoms with Crippen LogP contribution < -0.4 is 9.47 Å². The van der Waals surface area contributed by atoms with Gasteiger partial charge in [0.2, 0.25) is 5.75 Å². The number of unbranched alkanes of at least 4 members (excludes halogenated alkanes) is 1. The molecule has 0 atom stereocenters. The van der Waals surface area contributed by atoms with Crippen molar-refractivity contribution in [2.24, 2.45) is 0 Å². The standard InChI is InChI=1S/C20H30N2O6/c1-5-6-13-26-18-14-16(7-8-17(18)22(24)25)27-15-9-11-21(12-10-15)19(23)28-20(2,3)4/h7-8,14-15H,5-6,9-13H2,1-4H3. The zero-order chi connectivity index (χ0) is 20.7. The van der Waals surface area contributed by atoms with Gasteiger partial charge in [-0.3, -0.25) is 10.1 Å². The maximum Gasteiger partial charge on any atom is 0.410 e. The Balaban J connectivity index is 1.94. The molecule has 1 aliphatic heterocycles. The zero-order valence-corrected chi connectivity index (χ0v) is 17.1. The van der Waals surface area contributed by atoms with Gasteiger partial charge in [-0.15, -0.1) is 0 Å². The van der Waals surface area contributed by atoms with E-state index in [0.29, 0.717) is 38.3 Å². The number of rotatable bonds is 7. The van der Waals surface area contributed by atoms with Gasteiger partial charge in [-0.2, -0.15) is 0 Å². The summed E-state index contributed by atoms with van der Waals surface area (Å²) in [5.74, 6) is 0.759. The predicted octanol–water partition coefficient (Wildman–Crippen LogP) is 4.55. The Hall–Kier alpha value is -2.51. The number of ether oxygens (including phenoxy) is 3. The molecule has 1 aromatic rings. The van der Waals surface area contributed by atoms with Gasteiger partial charge >= 0.3 is 11.8 Å². The molecule has 28 heavy (non-hydrogen) atoms. The number of likely N-dealkylation sites (tertiary alicyclic amines) is 1. The lowest BCUT2D eigenvalue weighted by atomic mass is 10.1. The first-order valence-corrected chi connectivity index (χ1v) is 9.75. The number of hydrogen-bond donors (Lipinski definition) is 0. The average Bonchev–Trinajstić information content (AvgIpc) is 2.61. The maximum atomic E-state index is 12.1. The molecule has 8 nitrogen and oxygen atoms in total. The number of nitro groups is 1. The Bertz CT molecular complexity index is 678. The maximum absolute atomic E-state index is 12.1. The van der Waals surface area contributed by atoms with Crippen LogP contribution in [0.3, 0.4) is 0 Å². The molecule has 1 saturated heterocycles. The Kier molecular flexibility index (Phi) is 7.48. The summed E-state index contributed by atoms with van der Waals surface area (Å²) in [5, 5.41) is 11.2. The van der Waals surface area contributed by atoms with Crippen molar-refractivity contribution in [1.29, 1.82) is 0 Å². The molecule has 0 unspecified atom stereocenters.